The van der Waals surface area contributed by atoms with Crippen LogP contribution in [0.25, 0.3) is 0 Å². The Kier molecular flexibility index (Phi) is 3.80. The fourth-order valence-electron chi connectivity index (χ4n) is 2.59. The predicted molar refractivity (Wildman–Crippen MR) is 78.3 cm³/mol. The lowest BCUT2D eigenvalue weighted by atomic mass is 10.0. The van der Waals surface area contributed by atoms with Gasteiger partial charge in [-0.25, -0.2) is 4.98 Å². The standard InChI is InChI=1S/C12H13Cl2N3OS/c13-8-4-7(5-15-10(8)14)6-17-3-1-2-9-11(17)16-12(19)18-9/h4-5,9,11H,1-3,6H2,(H,16,19). The number of rotatable bonds is 2. The number of thiocarbonyl (C=S) groups is 1. The van der Waals surface area contributed by atoms with Crippen LogP contribution >= 0.6 is 35.4 Å². The number of aromatic nitrogens is 1. The Morgan fingerprint density at radius 2 is 2.37 bits per heavy atom. The summed E-state index contributed by atoms with van der Waals surface area (Å²) < 4.78 is 5.59. The molecule has 0 radical (unpaired) electrons. The Morgan fingerprint density at radius 3 is 3.16 bits per heavy atom. The monoisotopic (exact) mass is 317 g/mol. The molecule has 102 valence electrons. The van der Waals surface area contributed by atoms with Crippen molar-refractivity contribution >= 4 is 40.6 Å². The van der Waals surface area contributed by atoms with Gasteiger partial charge in [0.05, 0.1) is 5.02 Å². The minimum Gasteiger partial charge on any atom is -0.464 e. The molecule has 0 amide bonds. The molecule has 3 heterocycles. The van der Waals surface area contributed by atoms with Crippen LogP contribution in [0.1, 0.15) is 18.4 Å². The van der Waals surface area contributed by atoms with Crippen molar-refractivity contribution in [2.45, 2.75) is 31.7 Å². The van der Waals surface area contributed by atoms with Crippen molar-refractivity contribution in [1.29, 1.82) is 0 Å². The van der Waals surface area contributed by atoms with Crippen molar-refractivity contribution in [3.63, 3.8) is 0 Å². The first-order chi connectivity index (χ1) is 9.13. The molecule has 19 heavy (non-hydrogen) atoms. The highest BCUT2D eigenvalue weighted by Gasteiger charge is 2.38. The Hall–Kier alpha value is -0.620. The first-order valence-corrected chi connectivity index (χ1v) is 7.31. The van der Waals surface area contributed by atoms with Crippen molar-refractivity contribution in [1.82, 2.24) is 15.2 Å². The van der Waals surface area contributed by atoms with E-state index in [1.165, 1.54) is 0 Å². The number of likely N-dealkylation sites (tertiary alicyclic amines) is 1. The highest BCUT2D eigenvalue weighted by Crippen LogP contribution is 2.26. The lowest BCUT2D eigenvalue weighted by Crippen LogP contribution is -2.51. The molecule has 3 rings (SSSR count). The van der Waals surface area contributed by atoms with Crippen molar-refractivity contribution in [3.8, 4) is 0 Å². The van der Waals surface area contributed by atoms with Gasteiger partial charge in [-0.15, -0.1) is 0 Å². The molecule has 0 spiro atoms. The second-order valence-electron chi connectivity index (χ2n) is 4.76. The number of pyridine rings is 1. The molecular formula is C12H13Cl2N3OS. The van der Waals surface area contributed by atoms with Gasteiger partial charge in [-0.05, 0) is 36.7 Å². The van der Waals surface area contributed by atoms with Gasteiger partial charge in [0.2, 0.25) is 0 Å². The van der Waals surface area contributed by atoms with Crippen LogP contribution in [-0.4, -0.2) is 33.9 Å². The van der Waals surface area contributed by atoms with E-state index in [4.69, 9.17) is 40.2 Å². The minimum absolute atomic E-state index is 0.149. The molecule has 2 unspecified atom stereocenters. The SMILES string of the molecule is S=C1NC2C(CCCN2Cc2cnc(Cl)c(Cl)c2)O1. The molecule has 0 aliphatic carbocycles. The molecule has 2 saturated heterocycles. The number of piperidine rings is 1. The molecule has 7 heteroatoms. The summed E-state index contributed by atoms with van der Waals surface area (Å²) in [7, 11) is 0. The van der Waals surface area contributed by atoms with Crippen LogP contribution in [0.2, 0.25) is 10.2 Å². The van der Waals surface area contributed by atoms with Gasteiger partial charge >= 0.3 is 0 Å². The van der Waals surface area contributed by atoms with Gasteiger partial charge in [0.25, 0.3) is 5.17 Å². The van der Waals surface area contributed by atoms with Gasteiger partial charge in [0.1, 0.15) is 17.4 Å². The molecule has 4 nitrogen and oxygen atoms in total. The molecule has 1 aromatic heterocycles. The van der Waals surface area contributed by atoms with Crippen molar-refractivity contribution in [3.05, 3.63) is 28.0 Å². The highest BCUT2D eigenvalue weighted by molar-refractivity contribution is 7.80. The number of ether oxygens (including phenoxy) is 1. The second kappa shape index (κ2) is 5.40. The molecule has 2 fully saturated rings. The zero-order valence-electron chi connectivity index (χ0n) is 10.1. The largest absolute Gasteiger partial charge is 0.464 e. The van der Waals surface area contributed by atoms with Gasteiger partial charge in [-0.3, -0.25) is 4.90 Å². The summed E-state index contributed by atoms with van der Waals surface area (Å²) in [6.07, 6.45) is 4.19. The lowest BCUT2D eigenvalue weighted by Gasteiger charge is -2.35. The van der Waals surface area contributed by atoms with E-state index in [2.05, 4.69) is 15.2 Å². The molecule has 2 atom stereocenters. The van der Waals surface area contributed by atoms with E-state index in [9.17, 15) is 0 Å². The first kappa shape index (κ1) is 13.4. The number of nitrogens with one attached hydrogen (secondary N) is 1. The van der Waals surface area contributed by atoms with Crippen LogP contribution in [0, 0.1) is 0 Å². The molecule has 0 aromatic carbocycles. The van der Waals surface area contributed by atoms with Crippen LogP contribution < -0.4 is 5.32 Å². The molecule has 0 saturated carbocycles. The summed E-state index contributed by atoms with van der Waals surface area (Å²) in [4.78, 5) is 6.37. The van der Waals surface area contributed by atoms with Crippen LogP contribution in [0.5, 0.6) is 0 Å². The zero-order valence-corrected chi connectivity index (χ0v) is 12.4. The van der Waals surface area contributed by atoms with Crippen LogP contribution in [0.3, 0.4) is 0 Å². The van der Waals surface area contributed by atoms with E-state index in [0.717, 1.165) is 31.5 Å². The summed E-state index contributed by atoms with van der Waals surface area (Å²) in [5, 5.41) is 4.53. The molecule has 2 aliphatic heterocycles. The quantitative estimate of drug-likeness (QED) is 0.670. The van der Waals surface area contributed by atoms with E-state index in [0.29, 0.717) is 15.4 Å². The van der Waals surface area contributed by atoms with E-state index >= 15 is 0 Å². The predicted octanol–water partition coefficient (Wildman–Crippen LogP) is 2.58. The molecule has 2 aliphatic rings. The fourth-order valence-corrected chi connectivity index (χ4v) is 3.12. The topological polar surface area (TPSA) is 37.4 Å². The van der Waals surface area contributed by atoms with Gasteiger partial charge in [0.15, 0.2) is 0 Å². The Morgan fingerprint density at radius 1 is 1.53 bits per heavy atom. The van der Waals surface area contributed by atoms with Crippen LogP contribution in [0.4, 0.5) is 0 Å². The van der Waals surface area contributed by atoms with Crippen molar-refractivity contribution < 1.29 is 4.74 Å². The minimum atomic E-state index is 0.149. The van der Waals surface area contributed by atoms with Crippen molar-refractivity contribution in [2.24, 2.45) is 0 Å². The third-order valence-corrected chi connectivity index (χ3v) is 4.34. The van der Waals surface area contributed by atoms with Crippen molar-refractivity contribution in [2.75, 3.05) is 6.54 Å². The number of nitrogens with zero attached hydrogens (tertiary/aromatic N) is 2. The average molecular weight is 318 g/mol. The normalized spacial score (nSPS) is 26.7. The number of hydrogen-bond acceptors (Lipinski definition) is 4. The summed E-state index contributed by atoms with van der Waals surface area (Å²) in [6, 6.07) is 1.86. The Labute approximate surface area is 127 Å². The Bertz CT molecular complexity index is 514. The lowest BCUT2D eigenvalue weighted by molar-refractivity contribution is 0.0463. The smallest absolute Gasteiger partial charge is 0.258 e. The van der Waals surface area contributed by atoms with E-state index in [1.807, 2.05) is 6.07 Å². The number of hydrogen-bond donors (Lipinski definition) is 1. The first-order valence-electron chi connectivity index (χ1n) is 6.14. The molecule has 1 N–H and O–H groups in total. The zero-order chi connectivity index (χ0) is 13.4. The van der Waals surface area contributed by atoms with E-state index in [1.54, 1.807) is 6.20 Å². The fraction of sp³-hybridized carbons (Fsp3) is 0.500. The van der Waals surface area contributed by atoms with E-state index in [-0.39, 0.29) is 12.3 Å². The summed E-state index contributed by atoms with van der Waals surface area (Å²) in [5.74, 6) is 0. The maximum atomic E-state index is 5.99. The number of fused-ring (bicyclic) bond motifs is 1. The number of halogens is 2. The van der Waals surface area contributed by atoms with Gasteiger partial charge in [-0.2, -0.15) is 0 Å². The molecule has 0 bridgehead atoms. The summed E-state index contributed by atoms with van der Waals surface area (Å²) >= 11 is 16.9. The highest BCUT2D eigenvalue weighted by atomic mass is 35.5. The average Bonchev–Trinajstić information content (AvgIpc) is 2.75. The van der Waals surface area contributed by atoms with Gasteiger partial charge in [-0.1, -0.05) is 23.2 Å². The van der Waals surface area contributed by atoms with Gasteiger partial charge < -0.3 is 10.1 Å². The molecular weight excluding hydrogens is 305 g/mol. The maximum absolute atomic E-state index is 5.99. The summed E-state index contributed by atoms with van der Waals surface area (Å²) in [6.45, 7) is 1.75. The maximum Gasteiger partial charge on any atom is 0.258 e. The molecule has 1 aromatic rings. The van der Waals surface area contributed by atoms with E-state index < -0.39 is 0 Å². The van der Waals surface area contributed by atoms with Crippen LogP contribution in [0.15, 0.2) is 12.3 Å². The van der Waals surface area contributed by atoms with Crippen LogP contribution in [-0.2, 0) is 11.3 Å². The third-order valence-electron chi connectivity index (χ3n) is 3.44. The van der Waals surface area contributed by atoms with Gasteiger partial charge in [0, 0.05) is 19.3 Å². The summed E-state index contributed by atoms with van der Waals surface area (Å²) in [5.41, 5.74) is 1.04. The Balaban J connectivity index is 1.74. The third kappa shape index (κ3) is 2.79. The second-order valence-corrected chi connectivity index (χ2v) is 5.90.